The molecule has 0 saturated carbocycles. The molecule has 1 aliphatic rings. The summed E-state index contributed by atoms with van der Waals surface area (Å²) in [6.07, 6.45) is 2.34. The van der Waals surface area contributed by atoms with Crippen LogP contribution in [0.1, 0.15) is 29.8 Å². The molecule has 0 aliphatic heterocycles. The lowest BCUT2D eigenvalue weighted by molar-refractivity contribution is 0.0244. The Hall–Kier alpha value is 0.100. The van der Waals surface area contributed by atoms with Crippen molar-refractivity contribution in [2.24, 2.45) is 0 Å². The quantitative estimate of drug-likeness (QED) is 0.845. The number of nitrogens with one attached hydrogen (secondary N) is 1. The Bertz CT molecular complexity index is 300. The van der Waals surface area contributed by atoms with Crippen molar-refractivity contribution in [3.63, 3.8) is 0 Å². The Morgan fingerprint density at radius 3 is 3.38 bits per heavy atom. The lowest BCUT2D eigenvalue weighted by atomic mass is 10.2. The van der Waals surface area contributed by atoms with E-state index in [1.165, 1.54) is 20.6 Å². The summed E-state index contributed by atoms with van der Waals surface area (Å²) in [6, 6.07) is 2.60. The molecule has 1 aromatic rings. The molecular formula is C9H12BrNOS. The summed E-state index contributed by atoms with van der Waals surface area (Å²) in [5.74, 6) is 0. The Morgan fingerprint density at radius 2 is 2.62 bits per heavy atom. The summed E-state index contributed by atoms with van der Waals surface area (Å²) in [4.78, 5) is 6.71. The zero-order valence-electron chi connectivity index (χ0n) is 7.47. The molecule has 0 saturated heterocycles. The molecule has 0 radical (unpaired) electrons. The number of thiophene rings is 1. The molecule has 1 unspecified atom stereocenters. The van der Waals surface area contributed by atoms with Crippen LogP contribution in [0.15, 0.2) is 9.85 Å². The predicted molar refractivity (Wildman–Crippen MR) is 57.8 cm³/mol. The number of aryl methyl sites for hydroxylation is 1. The number of fused-ring (bicyclic) bond motifs is 1. The van der Waals surface area contributed by atoms with Gasteiger partial charge >= 0.3 is 0 Å². The van der Waals surface area contributed by atoms with Crippen LogP contribution in [-0.2, 0) is 11.3 Å². The van der Waals surface area contributed by atoms with Gasteiger partial charge in [-0.3, -0.25) is 0 Å². The largest absolute Gasteiger partial charge is 0.302 e. The molecular weight excluding hydrogens is 250 g/mol. The Balaban J connectivity index is 2.08. The van der Waals surface area contributed by atoms with Crippen LogP contribution in [-0.4, -0.2) is 6.61 Å². The van der Waals surface area contributed by atoms with E-state index >= 15 is 0 Å². The van der Waals surface area contributed by atoms with E-state index in [2.05, 4.69) is 27.5 Å². The Morgan fingerprint density at radius 1 is 1.77 bits per heavy atom. The number of hydrogen-bond donors (Lipinski definition) is 1. The van der Waals surface area contributed by atoms with Gasteiger partial charge in [-0.25, -0.2) is 0 Å². The molecule has 1 atom stereocenters. The molecule has 1 aliphatic carbocycles. The standard InChI is InChI=1S/C9H12BrNOS/c1-2-12-11-7-3-4-8-6(7)5-9(10)13-8/h5,7,11H,2-4H2,1H3. The lowest BCUT2D eigenvalue weighted by Crippen LogP contribution is -2.19. The summed E-state index contributed by atoms with van der Waals surface area (Å²) >= 11 is 5.34. The van der Waals surface area contributed by atoms with Gasteiger partial charge in [0.15, 0.2) is 0 Å². The van der Waals surface area contributed by atoms with Crippen LogP contribution in [0.5, 0.6) is 0 Å². The molecule has 1 aromatic heterocycles. The van der Waals surface area contributed by atoms with Crippen LogP contribution in [0.3, 0.4) is 0 Å². The van der Waals surface area contributed by atoms with Crippen LogP contribution in [0, 0.1) is 0 Å². The molecule has 72 valence electrons. The third-order valence-corrected chi connectivity index (χ3v) is 3.93. The van der Waals surface area contributed by atoms with Gasteiger partial charge in [-0.15, -0.1) is 11.3 Å². The highest BCUT2D eigenvalue weighted by molar-refractivity contribution is 9.11. The topological polar surface area (TPSA) is 21.3 Å². The molecule has 1 N–H and O–H groups in total. The van der Waals surface area contributed by atoms with E-state index in [4.69, 9.17) is 4.84 Å². The van der Waals surface area contributed by atoms with Gasteiger partial charge in [0.05, 0.1) is 16.4 Å². The second-order valence-electron chi connectivity index (χ2n) is 3.07. The molecule has 0 bridgehead atoms. The molecule has 0 spiro atoms. The minimum absolute atomic E-state index is 0.400. The van der Waals surface area contributed by atoms with Crippen molar-refractivity contribution in [1.82, 2.24) is 5.48 Å². The highest BCUT2D eigenvalue weighted by atomic mass is 79.9. The predicted octanol–water partition coefficient (Wildman–Crippen LogP) is 3.04. The summed E-state index contributed by atoms with van der Waals surface area (Å²) in [5.41, 5.74) is 4.49. The highest BCUT2D eigenvalue weighted by Crippen LogP contribution is 2.39. The SMILES string of the molecule is CCONC1CCc2sc(Br)cc21. The average Bonchev–Trinajstić information content (AvgIpc) is 2.61. The maximum absolute atomic E-state index is 5.22. The summed E-state index contributed by atoms with van der Waals surface area (Å²) in [7, 11) is 0. The third-order valence-electron chi connectivity index (χ3n) is 2.22. The average molecular weight is 262 g/mol. The molecule has 0 fully saturated rings. The second-order valence-corrected chi connectivity index (χ2v) is 5.59. The Labute approximate surface area is 90.4 Å². The van der Waals surface area contributed by atoms with Gasteiger partial charge in [-0.1, -0.05) is 0 Å². The zero-order chi connectivity index (χ0) is 9.26. The van der Waals surface area contributed by atoms with E-state index in [9.17, 15) is 0 Å². The fourth-order valence-corrected chi connectivity index (χ4v) is 3.43. The van der Waals surface area contributed by atoms with Gasteiger partial charge in [-0.2, -0.15) is 5.48 Å². The van der Waals surface area contributed by atoms with Crippen molar-refractivity contribution < 1.29 is 4.84 Å². The van der Waals surface area contributed by atoms with Crippen molar-refractivity contribution in [2.45, 2.75) is 25.8 Å². The number of halogens is 1. The van der Waals surface area contributed by atoms with E-state index in [-0.39, 0.29) is 0 Å². The molecule has 0 aromatic carbocycles. The van der Waals surface area contributed by atoms with Gasteiger partial charge < -0.3 is 4.84 Å². The third kappa shape index (κ3) is 1.96. The van der Waals surface area contributed by atoms with Crippen LogP contribution in [0.25, 0.3) is 0 Å². The maximum Gasteiger partial charge on any atom is 0.0704 e. The van der Waals surface area contributed by atoms with Crippen LogP contribution in [0.4, 0.5) is 0 Å². The van der Waals surface area contributed by atoms with Gasteiger partial charge in [0.25, 0.3) is 0 Å². The first-order valence-corrected chi connectivity index (χ1v) is 6.07. The maximum atomic E-state index is 5.22. The van der Waals surface area contributed by atoms with Gasteiger partial charge in [-0.05, 0) is 47.3 Å². The monoisotopic (exact) mass is 261 g/mol. The van der Waals surface area contributed by atoms with Crippen molar-refractivity contribution in [1.29, 1.82) is 0 Å². The van der Waals surface area contributed by atoms with Crippen molar-refractivity contribution in [2.75, 3.05) is 6.61 Å². The van der Waals surface area contributed by atoms with Crippen molar-refractivity contribution in [3.05, 3.63) is 20.3 Å². The first kappa shape index (κ1) is 9.65. The second kappa shape index (κ2) is 4.09. The van der Waals surface area contributed by atoms with E-state index in [1.807, 2.05) is 18.3 Å². The summed E-state index contributed by atoms with van der Waals surface area (Å²) in [5, 5.41) is 0. The Kier molecular flexibility index (Phi) is 3.03. The van der Waals surface area contributed by atoms with E-state index in [0.717, 1.165) is 13.0 Å². The van der Waals surface area contributed by atoms with Crippen LogP contribution in [0.2, 0.25) is 0 Å². The van der Waals surface area contributed by atoms with Gasteiger partial charge in [0, 0.05) is 4.88 Å². The van der Waals surface area contributed by atoms with E-state index in [1.54, 1.807) is 0 Å². The number of rotatable bonds is 3. The van der Waals surface area contributed by atoms with Crippen molar-refractivity contribution >= 4 is 27.3 Å². The molecule has 2 rings (SSSR count). The van der Waals surface area contributed by atoms with E-state index in [0.29, 0.717) is 6.04 Å². The van der Waals surface area contributed by atoms with Gasteiger partial charge in [0.1, 0.15) is 0 Å². The number of hydrogen-bond acceptors (Lipinski definition) is 3. The molecule has 0 amide bonds. The molecule has 1 heterocycles. The lowest BCUT2D eigenvalue weighted by Gasteiger charge is -2.11. The smallest absolute Gasteiger partial charge is 0.0704 e. The minimum atomic E-state index is 0.400. The normalized spacial score (nSPS) is 20.6. The molecule has 13 heavy (non-hydrogen) atoms. The zero-order valence-corrected chi connectivity index (χ0v) is 9.87. The van der Waals surface area contributed by atoms with Crippen LogP contribution >= 0.6 is 27.3 Å². The number of hydroxylamine groups is 1. The van der Waals surface area contributed by atoms with Gasteiger partial charge in [0.2, 0.25) is 0 Å². The minimum Gasteiger partial charge on any atom is -0.302 e. The fourth-order valence-electron chi connectivity index (χ4n) is 1.64. The molecule has 2 nitrogen and oxygen atoms in total. The first-order valence-electron chi connectivity index (χ1n) is 4.46. The molecule has 4 heteroatoms. The fraction of sp³-hybridized carbons (Fsp3) is 0.556. The van der Waals surface area contributed by atoms with Crippen molar-refractivity contribution in [3.8, 4) is 0 Å². The van der Waals surface area contributed by atoms with Crippen LogP contribution < -0.4 is 5.48 Å². The highest BCUT2D eigenvalue weighted by Gasteiger charge is 2.24. The first-order chi connectivity index (χ1) is 6.31. The summed E-state index contributed by atoms with van der Waals surface area (Å²) < 4.78 is 1.22. The van der Waals surface area contributed by atoms with E-state index < -0.39 is 0 Å². The summed E-state index contributed by atoms with van der Waals surface area (Å²) in [6.45, 7) is 2.71.